The number of aromatic nitrogens is 2. The summed E-state index contributed by atoms with van der Waals surface area (Å²) in [6.07, 6.45) is 2.27. The van der Waals surface area contributed by atoms with Crippen LogP contribution in [0.15, 0.2) is 15.5 Å². The van der Waals surface area contributed by atoms with Crippen LogP contribution in [0, 0.1) is 13.8 Å². The molecule has 21 heavy (non-hydrogen) atoms. The number of nitrogens with two attached hydrogens (primary N) is 1. The fourth-order valence-corrected chi connectivity index (χ4v) is 3.91. The van der Waals surface area contributed by atoms with Gasteiger partial charge in [-0.3, -0.25) is 9.40 Å². The van der Waals surface area contributed by atoms with Crippen LogP contribution in [0.5, 0.6) is 0 Å². The molecule has 116 valence electrons. The minimum absolute atomic E-state index is 0.104. The fourth-order valence-electron chi connectivity index (χ4n) is 2.37. The first-order valence-electron chi connectivity index (χ1n) is 6.64. The van der Waals surface area contributed by atoms with Gasteiger partial charge in [0.05, 0.1) is 11.4 Å². The molecule has 0 unspecified atom stereocenters. The van der Waals surface area contributed by atoms with E-state index in [-0.39, 0.29) is 11.4 Å². The van der Waals surface area contributed by atoms with Crippen LogP contribution in [0.25, 0.3) is 0 Å². The first kappa shape index (κ1) is 15.6. The maximum absolute atomic E-state index is 12.6. The van der Waals surface area contributed by atoms with Crippen molar-refractivity contribution in [1.29, 1.82) is 0 Å². The Labute approximate surface area is 124 Å². The standard InChI is InChI=1S/C13H20N4O3S/c1-5-11-12(7-17(4)15-11)16-21(18,19)13-9(3)20-8(2)10(13)6-14/h7,16H,5-6,14H2,1-4H3. The Hall–Kier alpha value is -1.80. The topological polar surface area (TPSA) is 103 Å². The van der Waals surface area contributed by atoms with Crippen molar-refractivity contribution < 1.29 is 12.8 Å². The summed E-state index contributed by atoms with van der Waals surface area (Å²) in [5.74, 6) is 0.861. The number of sulfonamides is 1. The van der Waals surface area contributed by atoms with E-state index >= 15 is 0 Å². The van der Waals surface area contributed by atoms with Gasteiger partial charge in [-0.05, 0) is 20.3 Å². The van der Waals surface area contributed by atoms with E-state index in [0.29, 0.717) is 34.9 Å². The third-order valence-corrected chi connectivity index (χ3v) is 4.84. The molecular weight excluding hydrogens is 292 g/mol. The molecule has 3 N–H and O–H groups in total. The molecular formula is C13H20N4O3S. The Balaban J connectivity index is 2.48. The van der Waals surface area contributed by atoms with Crippen LogP contribution < -0.4 is 10.5 Å². The number of aryl methyl sites for hydroxylation is 4. The SMILES string of the molecule is CCc1nn(C)cc1NS(=O)(=O)c1c(C)oc(C)c1CN. The molecule has 0 amide bonds. The van der Waals surface area contributed by atoms with Gasteiger partial charge in [0.25, 0.3) is 10.0 Å². The lowest BCUT2D eigenvalue weighted by Gasteiger charge is -2.08. The monoisotopic (exact) mass is 312 g/mol. The lowest BCUT2D eigenvalue weighted by molar-refractivity contribution is 0.494. The molecule has 7 nitrogen and oxygen atoms in total. The summed E-state index contributed by atoms with van der Waals surface area (Å²) in [5.41, 5.74) is 7.31. The van der Waals surface area contributed by atoms with Crippen LogP contribution in [0.1, 0.15) is 29.7 Å². The molecule has 0 radical (unpaired) electrons. The first-order valence-corrected chi connectivity index (χ1v) is 8.12. The second-order valence-electron chi connectivity index (χ2n) is 4.85. The zero-order valence-electron chi connectivity index (χ0n) is 12.6. The molecule has 2 aromatic heterocycles. The Morgan fingerprint density at radius 2 is 2.05 bits per heavy atom. The van der Waals surface area contributed by atoms with Gasteiger partial charge >= 0.3 is 0 Å². The van der Waals surface area contributed by atoms with E-state index in [2.05, 4.69) is 9.82 Å². The zero-order valence-corrected chi connectivity index (χ0v) is 13.4. The van der Waals surface area contributed by atoms with E-state index in [1.165, 1.54) is 0 Å². The third kappa shape index (κ3) is 2.81. The average molecular weight is 312 g/mol. The van der Waals surface area contributed by atoms with Crippen LogP contribution in [0.4, 0.5) is 5.69 Å². The quantitative estimate of drug-likeness (QED) is 0.869. The normalized spacial score (nSPS) is 11.9. The fraction of sp³-hybridized carbons (Fsp3) is 0.462. The summed E-state index contributed by atoms with van der Waals surface area (Å²) in [5, 5.41) is 4.22. The van der Waals surface area contributed by atoms with Crippen LogP contribution in [0.2, 0.25) is 0 Å². The highest BCUT2D eigenvalue weighted by atomic mass is 32.2. The molecule has 0 fully saturated rings. The van der Waals surface area contributed by atoms with E-state index in [0.717, 1.165) is 0 Å². The molecule has 2 aromatic rings. The molecule has 0 aromatic carbocycles. The summed E-state index contributed by atoms with van der Waals surface area (Å²) in [6.45, 7) is 5.34. The molecule has 2 heterocycles. The first-order chi connectivity index (χ1) is 9.80. The van der Waals surface area contributed by atoms with Crippen LogP contribution >= 0.6 is 0 Å². The molecule has 0 aliphatic rings. The highest BCUT2D eigenvalue weighted by Crippen LogP contribution is 2.28. The van der Waals surface area contributed by atoms with Gasteiger partial charge in [0, 0.05) is 25.4 Å². The highest BCUT2D eigenvalue weighted by molar-refractivity contribution is 7.92. The Kier molecular flexibility index (Phi) is 4.11. The Morgan fingerprint density at radius 3 is 2.62 bits per heavy atom. The minimum atomic E-state index is -3.76. The van der Waals surface area contributed by atoms with Gasteiger partial charge < -0.3 is 10.2 Å². The average Bonchev–Trinajstić information content (AvgIpc) is 2.88. The van der Waals surface area contributed by atoms with Crippen molar-refractivity contribution in [2.45, 2.75) is 38.6 Å². The molecule has 0 atom stereocenters. The van der Waals surface area contributed by atoms with E-state index in [1.807, 2.05) is 6.92 Å². The largest absolute Gasteiger partial charge is 0.465 e. The number of anilines is 1. The second-order valence-corrected chi connectivity index (χ2v) is 6.47. The van der Waals surface area contributed by atoms with Crippen molar-refractivity contribution in [2.75, 3.05) is 4.72 Å². The number of hydrogen-bond acceptors (Lipinski definition) is 5. The van der Waals surface area contributed by atoms with Gasteiger partial charge in [-0.2, -0.15) is 5.10 Å². The lowest BCUT2D eigenvalue weighted by Crippen LogP contribution is -2.16. The smallest absolute Gasteiger partial charge is 0.265 e. The summed E-state index contributed by atoms with van der Waals surface area (Å²) in [4.78, 5) is 0.119. The van der Waals surface area contributed by atoms with Crippen molar-refractivity contribution in [1.82, 2.24) is 9.78 Å². The number of nitrogens with zero attached hydrogens (tertiary/aromatic N) is 2. The van der Waals surface area contributed by atoms with Crippen molar-refractivity contribution in [3.8, 4) is 0 Å². The Bertz CT molecular complexity index is 759. The molecule has 0 saturated carbocycles. The highest BCUT2D eigenvalue weighted by Gasteiger charge is 2.27. The van der Waals surface area contributed by atoms with Crippen molar-refractivity contribution in [2.24, 2.45) is 12.8 Å². The van der Waals surface area contributed by atoms with E-state index < -0.39 is 10.0 Å². The lowest BCUT2D eigenvalue weighted by atomic mass is 10.2. The van der Waals surface area contributed by atoms with Gasteiger partial charge in [-0.25, -0.2) is 8.42 Å². The maximum Gasteiger partial charge on any atom is 0.265 e. The number of rotatable bonds is 5. The molecule has 0 saturated heterocycles. The van der Waals surface area contributed by atoms with Gasteiger partial charge in [0.2, 0.25) is 0 Å². The van der Waals surface area contributed by atoms with E-state index in [4.69, 9.17) is 10.2 Å². The molecule has 0 bridgehead atoms. The summed E-state index contributed by atoms with van der Waals surface area (Å²) >= 11 is 0. The van der Waals surface area contributed by atoms with E-state index in [1.54, 1.807) is 31.8 Å². The van der Waals surface area contributed by atoms with Crippen LogP contribution in [-0.4, -0.2) is 18.2 Å². The zero-order chi connectivity index (χ0) is 15.8. The Morgan fingerprint density at radius 1 is 1.38 bits per heavy atom. The molecule has 0 aliphatic carbocycles. The van der Waals surface area contributed by atoms with Gasteiger partial charge in [0.1, 0.15) is 16.4 Å². The van der Waals surface area contributed by atoms with Crippen molar-refractivity contribution in [3.05, 3.63) is 29.0 Å². The van der Waals surface area contributed by atoms with Crippen LogP contribution in [0.3, 0.4) is 0 Å². The predicted molar refractivity (Wildman–Crippen MR) is 79.5 cm³/mol. The van der Waals surface area contributed by atoms with Gasteiger partial charge in [0.15, 0.2) is 0 Å². The molecule has 2 rings (SSSR count). The number of furan rings is 1. The summed E-state index contributed by atoms with van der Waals surface area (Å²) in [7, 11) is -2.02. The number of hydrogen-bond donors (Lipinski definition) is 2. The summed E-state index contributed by atoms with van der Waals surface area (Å²) in [6, 6.07) is 0. The van der Waals surface area contributed by atoms with Crippen molar-refractivity contribution in [3.63, 3.8) is 0 Å². The number of nitrogens with one attached hydrogen (secondary N) is 1. The van der Waals surface area contributed by atoms with Gasteiger partial charge in [-0.15, -0.1) is 0 Å². The minimum Gasteiger partial charge on any atom is -0.465 e. The molecule has 0 aliphatic heterocycles. The third-order valence-electron chi connectivity index (χ3n) is 3.28. The maximum atomic E-state index is 12.6. The molecule has 0 spiro atoms. The predicted octanol–water partition coefficient (Wildman–Crippen LogP) is 1.45. The van der Waals surface area contributed by atoms with Gasteiger partial charge in [-0.1, -0.05) is 6.92 Å². The van der Waals surface area contributed by atoms with Crippen molar-refractivity contribution >= 4 is 15.7 Å². The second kappa shape index (κ2) is 5.53. The molecule has 8 heteroatoms. The van der Waals surface area contributed by atoms with Crippen LogP contribution in [-0.2, 0) is 30.0 Å². The summed E-state index contributed by atoms with van der Waals surface area (Å²) < 4.78 is 34.8. The van der Waals surface area contributed by atoms with E-state index in [9.17, 15) is 8.42 Å².